The Hall–Kier alpha value is -4.44. The molecule has 2 N–H and O–H groups in total. The highest BCUT2D eigenvalue weighted by atomic mass is 16.5. The first-order chi connectivity index (χ1) is 16.9. The Labute approximate surface area is 204 Å². The summed E-state index contributed by atoms with van der Waals surface area (Å²) in [5.74, 6) is 1.04. The summed E-state index contributed by atoms with van der Waals surface area (Å²) in [5, 5.41) is 9.82. The summed E-state index contributed by atoms with van der Waals surface area (Å²) in [6.07, 6.45) is 0.0376. The van der Waals surface area contributed by atoms with Gasteiger partial charge in [-0.1, -0.05) is 24.3 Å². The Morgan fingerprint density at radius 1 is 1.06 bits per heavy atom. The zero-order valence-corrected chi connectivity index (χ0v) is 19.8. The number of carbonyl (C=O) groups excluding carboxylic acids is 1. The van der Waals surface area contributed by atoms with Crippen molar-refractivity contribution >= 4 is 5.97 Å². The monoisotopic (exact) mass is 470 g/mol. The van der Waals surface area contributed by atoms with Crippen molar-refractivity contribution in [3.8, 4) is 29.1 Å². The normalized spacial score (nSPS) is 14.5. The van der Waals surface area contributed by atoms with Crippen LogP contribution in [0.3, 0.4) is 0 Å². The van der Waals surface area contributed by atoms with Gasteiger partial charge in [0.05, 0.1) is 24.2 Å². The van der Waals surface area contributed by atoms with E-state index in [1.807, 2.05) is 45.0 Å². The molecule has 0 bridgehead atoms. The molecule has 0 radical (unpaired) electrons. The van der Waals surface area contributed by atoms with Gasteiger partial charge in [0.1, 0.15) is 34.6 Å². The minimum absolute atomic E-state index is 0.000481. The molecule has 1 atom stereocenters. The second kappa shape index (κ2) is 10.2. The lowest BCUT2D eigenvalue weighted by Crippen LogP contribution is -2.21. The van der Waals surface area contributed by atoms with Crippen molar-refractivity contribution in [1.82, 2.24) is 0 Å². The van der Waals surface area contributed by atoms with Gasteiger partial charge in [-0.15, -0.1) is 0 Å². The van der Waals surface area contributed by atoms with Gasteiger partial charge in [0.25, 0.3) is 0 Å². The molecule has 1 unspecified atom stereocenters. The highest BCUT2D eigenvalue weighted by molar-refractivity contribution is 5.91. The fraction of sp³-hybridized carbons (Fsp3) is 0.214. The van der Waals surface area contributed by atoms with Crippen molar-refractivity contribution in [3.63, 3.8) is 0 Å². The van der Waals surface area contributed by atoms with E-state index in [1.165, 1.54) is 0 Å². The molecule has 0 aliphatic carbocycles. The van der Waals surface area contributed by atoms with Gasteiger partial charge in [0, 0.05) is 17.2 Å². The molecule has 3 aromatic carbocycles. The first-order valence-corrected chi connectivity index (χ1v) is 11.3. The largest absolute Gasteiger partial charge is 0.494 e. The van der Waals surface area contributed by atoms with Crippen LogP contribution in [0.4, 0.5) is 0 Å². The molecule has 0 spiro atoms. The van der Waals surface area contributed by atoms with E-state index in [-0.39, 0.29) is 17.6 Å². The van der Waals surface area contributed by atoms with Crippen LogP contribution in [0.1, 0.15) is 48.2 Å². The van der Waals surface area contributed by atoms with Crippen LogP contribution in [0.2, 0.25) is 0 Å². The Bertz CT molecular complexity index is 1310. The van der Waals surface area contributed by atoms with Crippen molar-refractivity contribution < 1.29 is 23.7 Å². The number of para-hydroxylation sites is 1. The van der Waals surface area contributed by atoms with Gasteiger partial charge in [-0.05, 0) is 57.2 Å². The lowest BCUT2D eigenvalue weighted by atomic mass is 9.83. The Kier molecular flexibility index (Phi) is 6.93. The van der Waals surface area contributed by atoms with Crippen LogP contribution in [0.5, 0.6) is 23.0 Å². The van der Waals surface area contributed by atoms with Gasteiger partial charge >= 0.3 is 5.97 Å². The summed E-state index contributed by atoms with van der Waals surface area (Å²) in [6.45, 7) is 6.24. The molecule has 3 aromatic rings. The number of allylic oxidation sites excluding steroid dienone is 1. The van der Waals surface area contributed by atoms with Crippen LogP contribution in [0, 0.1) is 11.3 Å². The molecule has 0 saturated heterocycles. The number of esters is 1. The Morgan fingerprint density at radius 3 is 2.46 bits per heavy atom. The molecule has 4 rings (SSSR count). The summed E-state index contributed by atoms with van der Waals surface area (Å²) in [5.41, 5.74) is 8.31. The van der Waals surface area contributed by atoms with Crippen LogP contribution in [-0.2, 0) is 0 Å². The highest BCUT2D eigenvalue weighted by Gasteiger charge is 2.33. The van der Waals surface area contributed by atoms with Crippen molar-refractivity contribution in [3.05, 3.63) is 94.9 Å². The summed E-state index contributed by atoms with van der Waals surface area (Å²) < 4.78 is 22.7. The SMILES string of the molecule is CCOc1ccccc1C1C(C#N)=C(N)Oc2cc(OC(=O)c3ccc(OC(C)C)cc3)ccc21. The number of fused-ring (bicyclic) bond motifs is 1. The van der Waals surface area contributed by atoms with E-state index in [0.717, 1.165) is 11.1 Å². The first-order valence-electron chi connectivity index (χ1n) is 11.3. The van der Waals surface area contributed by atoms with Gasteiger partial charge in [0.2, 0.25) is 5.88 Å². The predicted molar refractivity (Wildman–Crippen MR) is 131 cm³/mol. The molecule has 0 fully saturated rings. The molecule has 1 aliphatic rings. The Balaban J connectivity index is 1.63. The van der Waals surface area contributed by atoms with Crippen LogP contribution >= 0.6 is 0 Å². The lowest BCUT2D eigenvalue weighted by Gasteiger charge is -2.27. The molecule has 7 nitrogen and oxygen atoms in total. The smallest absolute Gasteiger partial charge is 0.343 e. The second-order valence-corrected chi connectivity index (χ2v) is 8.18. The van der Waals surface area contributed by atoms with Gasteiger partial charge in [-0.25, -0.2) is 4.79 Å². The number of rotatable bonds is 7. The lowest BCUT2D eigenvalue weighted by molar-refractivity contribution is 0.0734. The standard InChI is InChI=1S/C28H26N2O5/c1-4-32-24-8-6-5-7-21(24)26-22-14-13-20(15-25(22)35-27(30)23(26)16-29)34-28(31)18-9-11-19(12-10-18)33-17(2)3/h5-15,17,26H,4,30H2,1-3H3. The number of hydrogen-bond donors (Lipinski definition) is 1. The first kappa shape index (κ1) is 23.7. The zero-order valence-electron chi connectivity index (χ0n) is 19.8. The fourth-order valence-electron chi connectivity index (χ4n) is 3.93. The molecular formula is C28H26N2O5. The molecule has 1 aliphatic heterocycles. The number of hydrogen-bond acceptors (Lipinski definition) is 7. The maximum absolute atomic E-state index is 12.7. The van der Waals surface area contributed by atoms with Crippen LogP contribution in [0.25, 0.3) is 0 Å². The molecule has 0 saturated carbocycles. The summed E-state index contributed by atoms with van der Waals surface area (Å²) >= 11 is 0. The van der Waals surface area contributed by atoms with E-state index in [0.29, 0.717) is 35.2 Å². The topological polar surface area (TPSA) is 104 Å². The van der Waals surface area contributed by atoms with Gasteiger partial charge in [-0.3, -0.25) is 0 Å². The second-order valence-electron chi connectivity index (χ2n) is 8.18. The third-order valence-corrected chi connectivity index (χ3v) is 5.39. The zero-order chi connectivity index (χ0) is 24.9. The van der Waals surface area contributed by atoms with Gasteiger partial charge < -0.3 is 24.7 Å². The fourth-order valence-corrected chi connectivity index (χ4v) is 3.93. The van der Waals surface area contributed by atoms with Gasteiger partial charge in [-0.2, -0.15) is 5.26 Å². The third kappa shape index (κ3) is 5.07. The van der Waals surface area contributed by atoms with E-state index in [9.17, 15) is 10.1 Å². The number of nitriles is 1. The molecule has 0 amide bonds. The number of carbonyl (C=O) groups is 1. The van der Waals surface area contributed by atoms with Crippen molar-refractivity contribution in [1.29, 1.82) is 5.26 Å². The Morgan fingerprint density at radius 2 is 1.77 bits per heavy atom. The van der Waals surface area contributed by atoms with Crippen LogP contribution < -0.4 is 24.7 Å². The summed E-state index contributed by atoms with van der Waals surface area (Å²) in [7, 11) is 0. The third-order valence-electron chi connectivity index (χ3n) is 5.39. The van der Waals surface area contributed by atoms with E-state index in [4.69, 9.17) is 24.7 Å². The average molecular weight is 471 g/mol. The number of benzene rings is 3. The minimum atomic E-state index is -0.517. The molecule has 7 heteroatoms. The van der Waals surface area contributed by atoms with Gasteiger partial charge in [0.15, 0.2) is 0 Å². The van der Waals surface area contributed by atoms with E-state index >= 15 is 0 Å². The molecule has 178 valence electrons. The average Bonchev–Trinajstić information content (AvgIpc) is 2.84. The molecule has 1 heterocycles. The molecule has 35 heavy (non-hydrogen) atoms. The minimum Gasteiger partial charge on any atom is -0.494 e. The molecular weight excluding hydrogens is 444 g/mol. The van der Waals surface area contributed by atoms with E-state index < -0.39 is 11.9 Å². The van der Waals surface area contributed by atoms with Crippen LogP contribution in [-0.4, -0.2) is 18.7 Å². The number of nitrogens with zero attached hydrogens (tertiary/aromatic N) is 1. The summed E-state index contributed by atoms with van der Waals surface area (Å²) in [4.78, 5) is 12.7. The van der Waals surface area contributed by atoms with Crippen molar-refractivity contribution in [2.75, 3.05) is 6.61 Å². The van der Waals surface area contributed by atoms with E-state index in [2.05, 4.69) is 6.07 Å². The maximum Gasteiger partial charge on any atom is 0.343 e. The highest BCUT2D eigenvalue weighted by Crippen LogP contribution is 2.45. The van der Waals surface area contributed by atoms with Crippen molar-refractivity contribution in [2.24, 2.45) is 5.73 Å². The number of nitrogens with two attached hydrogens (primary N) is 1. The number of ether oxygens (including phenoxy) is 4. The van der Waals surface area contributed by atoms with Crippen LogP contribution in [0.15, 0.2) is 78.2 Å². The summed E-state index contributed by atoms with van der Waals surface area (Å²) in [6, 6.07) is 21.5. The quantitative estimate of drug-likeness (QED) is 0.369. The van der Waals surface area contributed by atoms with E-state index in [1.54, 1.807) is 42.5 Å². The predicted octanol–water partition coefficient (Wildman–Crippen LogP) is 5.31. The maximum atomic E-state index is 12.7. The van der Waals surface area contributed by atoms with Crippen molar-refractivity contribution in [2.45, 2.75) is 32.8 Å². The molecule has 0 aromatic heterocycles.